The standard InChI is InChI=1S/C16H22O8/c1-9-8-16(21)24-11(3)13(18)5-7-15(20)23-10(2)12(17)4-6-14(19)22-9/h4-7,9-13,17-18H,8H2,1-3H3/t9-,10-,11?,12+,13?/m0/s1. The van der Waals surface area contributed by atoms with E-state index in [9.17, 15) is 24.6 Å². The van der Waals surface area contributed by atoms with Crippen molar-refractivity contribution in [1.29, 1.82) is 0 Å². The zero-order valence-electron chi connectivity index (χ0n) is 13.7. The Morgan fingerprint density at radius 3 is 1.83 bits per heavy atom. The summed E-state index contributed by atoms with van der Waals surface area (Å²) in [6.45, 7) is 4.41. The van der Waals surface area contributed by atoms with Crippen LogP contribution in [-0.4, -0.2) is 58.6 Å². The molecule has 0 spiro atoms. The van der Waals surface area contributed by atoms with Gasteiger partial charge in [0.15, 0.2) is 0 Å². The minimum Gasteiger partial charge on any atom is -0.459 e. The summed E-state index contributed by atoms with van der Waals surface area (Å²) in [5.74, 6) is -2.22. The van der Waals surface area contributed by atoms with Crippen LogP contribution in [0.2, 0.25) is 0 Å². The average molecular weight is 342 g/mol. The third kappa shape index (κ3) is 6.93. The summed E-state index contributed by atoms with van der Waals surface area (Å²) >= 11 is 0. The van der Waals surface area contributed by atoms with E-state index in [0.717, 1.165) is 24.3 Å². The molecule has 0 saturated heterocycles. The molecule has 0 bridgehead atoms. The van der Waals surface area contributed by atoms with Crippen LogP contribution in [0.4, 0.5) is 0 Å². The lowest BCUT2D eigenvalue weighted by atomic mass is 10.2. The van der Waals surface area contributed by atoms with Gasteiger partial charge in [-0.3, -0.25) is 4.79 Å². The molecule has 134 valence electrons. The number of hydrogen-bond acceptors (Lipinski definition) is 8. The molecule has 0 saturated carbocycles. The second-order valence-electron chi connectivity index (χ2n) is 5.49. The van der Waals surface area contributed by atoms with Crippen molar-refractivity contribution >= 4 is 17.9 Å². The predicted molar refractivity (Wildman–Crippen MR) is 81.6 cm³/mol. The summed E-state index contributed by atoms with van der Waals surface area (Å²) in [6.07, 6.45) is -0.961. The lowest BCUT2D eigenvalue weighted by Gasteiger charge is -2.19. The van der Waals surface area contributed by atoms with Crippen LogP contribution in [0.15, 0.2) is 24.3 Å². The lowest BCUT2D eigenvalue weighted by molar-refractivity contribution is -0.157. The van der Waals surface area contributed by atoms with E-state index < -0.39 is 48.4 Å². The molecule has 1 rings (SSSR count). The highest BCUT2D eigenvalue weighted by molar-refractivity contribution is 5.83. The maximum absolute atomic E-state index is 11.7. The minimum atomic E-state index is -1.22. The van der Waals surface area contributed by atoms with Crippen LogP contribution < -0.4 is 0 Å². The van der Waals surface area contributed by atoms with Gasteiger partial charge in [0, 0.05) is 12.2 Å². The van der Waals surface area contributed by atoms with E-state index in [1.165, 1.54) is 20.8 Å². The Balaban J connectivity index is 2.91. The van der Waals surface area contributed by atoms with Crippen molar-refractivity contribution in [3.8, 4) is 0 Å². The third-order valence-corrected chi connectivity index (χ3v) is 3.21. The van der Waals surface area contributed by atoms with Crippen molar-refractivity contribution < 1.29 is 38.8 Å². The largest absolute Gasteiger partial charge is 0.459 e. The Bertz CT molecular complexity index is 524. The molecule has 2 N–H and O–H groups in total. The van der Waals surface area contributed by atoms with Gasteiger partial charge in [-0.1, -0.05) is 0 Å². The molecule has 0 aromatic heterocycles. The highest BCUT2D eigenvalue weighted by atomic mass is 16.6. The van der Waals surface area contributed by atoms with Gasteiger partial charge in [0.25, 0.3) is 0 Å². The Morgan fingerprint density at radius 2 is 1.29 bits per heavy atom. The van der Waals surface area contributed by atoms with E-state index in [2.05, 4.69) is 0 Å². The van der Waals surface area contributed by atoms with Gasteiger partial charge in [0.2, 0.25) is 0 Å². The Kier molecular flexibility index (Phi) is 7.60. The molecule has 0 amide bonds. The maximum Gasteiger partial charge on any atom is 0.330 e. The number of aliphatic hydroxyl groups is 2. The average Bonchev–Trinajstić information content (AvgIpc) is 2.48. The van der Waals surface area contributed by atoms with E-state index in [1.54, 1.807) is 0 Å². The van der Waals surface area contributed by atoms with Gasteiger partial charge in [0.05, 0.1) is 6.42 Å². The van der Waals surface area contributed by atoms with Crippen LogP contribution in [0, 0.1) is 0 Å². The fourth-order valence-corrected chi connectivity index (χ4v) is 1.80. The minimum absolute atomic E-state index is 0.193. The van der Waals surface area contributed by atoms with E-state index in [0.29, 0.717) is 0 Å². The topological polar surface area (TPSA) is 119 Å². The molecule has 8 nitrogen and oxygen atoms in total. The molecule has 2 unspecified atom stereocenters. The van der Waals surface area contributed by atoms with Gasteiger partial charge in [0.1, 0.15) is 30.5 Å². The summed E-state index contributed by atoms with van der Waals surface area (Å²) in [6, 6.07) is 0. The monoisotopic (exact) mass is 342 g/mol. The molecule has 5 atom stereocenters. The molecule has 1 aliphatic heterocycles. The summed E-state index contributed by atoms with van der Waals surface area (Å²) < 4.78 is 14.9. The lowest BCUT2D eigenvalue weighted by Crippen LogP contribution is -2.30. The van der Waals surface area contributed by atoms with Crippen molar-refractivity contribution in [2.45, 2.75) is 57.7 Å². The van der Waals surface area contributed by atoms with E-state index >= 15 is 0 Å². The zero-order valence-corrected chi connectivity index (χ0v) is 13.7. The van der Waals surface area contributed by atoms with Crippen LogP contribution in [0.3, 0.4) is 0 Å². The molecule has 0 aromatic rings. The van der Waals surface area contributed by atoms with Crippen LogP contribution in [-0.2, 0) is 28.6 Å². The number of aliphatic hydroxyl groups excluding tert-OH is 2. The highest BCUT2D eigenvalue weighted by Crippen LogP contribution is 2.08. The van der Waals surface area contributed by atoms with Gasteiger partial charge in [-0.2, -0.15) is 0 Å². The Labute approximate surface area is 139 Å². The molecular formula is C16H22O8. The molecule has 1 aliphatic rings. The number of carbonyl (C=O) groups is 3. The first-order valence-electron chi connectivity index (χ1n) is 7.52. The number of carbonyl (C=O) groups excluding carboxylic acids is 3. The van der Waals surface area contributed by atoms with Crippen molar-refractivity contribution in [3.63, 3.8) is 0 Å². The fraction of sp³-hybridized carbons (Fsp3) is 0.562. The first-order chi connectivity index (χ1) is 11.2. The van der Waals surface area contributed by atoms with E-state index in [1.807, 2.05) is 0 Å². The van der Waals surface area contributed by atoms with Crippen LogP contribution in [0.1, 0.15) is 27.2 Å². The van der Waals surface area contributed by atoms with E-state index in [4.69, 9.17) is 14.2 Å². The molecule has 0 radical (unpaired) electrons. The summed E-state index contributed by atoms with van der Waals surface area (Å²) in [4.78, 5) is 34.9. The Morgan fingerprint density at radius 1 is 0.833 bits per heavy atom. The molecule has 1 heterocycles. The second kappa shape index (κ2) is 9.19. The molecule has 8 heteroatoms. The van der Waals surface area contributed by atoms with Crippen molar-refractivity contribution in [2.75, 3.05) is 0 Å². The normalized spacial score (nSPS) is 33.5. The van der Waals surface area contributed by atoms with Crippen LogP contribution in [0.5, 0.6) is 0 Å². The number of rotatable bonds is 0. The molecule has 0 aromatic carbocycles. The first-order valence-corrected chi connectivity index (χ1v) is 7.52. The highest BCUT2D eigenvalue weighted by Gasteiger charge is 2.21. The summed E-state index contributed by atoms with van der Waals surface area (Å²) in [5, 5.41) is 19.6. The first kappa shape index (κ1) is 19.9. The number of ether oxygens (including phenoxy) is 3. The SMILES string of the molecule is CC1OC(=O)C[C@H](C)OC(=O)C=C[C@@H](O)[C@H](C)OC(=O)C=CC1O. The summed E-state index contributed by atoms with van der Waals surface area (Å²) in [5.41, 5.74) is 0. The quantitative estimate of drug-likeness (QED) is 0.467. The maximum atomic E-state index is 11.7. The molecular weight excluding hydrogens is 320 g/mol. The zero-order chi connectivity index (χ0) is 18.3. The third-order valence-electron chi connectivity index (χ3n) is 3.21. The fourth-order valence-electron chi connectivity index (χ4n) is 1.80. The molecule has 24 heavy (non-hydrogen) atoms. The van der Waals surface area contributed by atoms with Crippen LogP contribution >= 0.6 is 0 Å². The van der Waals surface area contributed by atoms with Gasteiger partial charge in [-0.25, -0.2) is 9.59 Å². The molecule has 0 fully saturated rings. The smallest absolute Gasteiger partial charge is 0.330 e. The number of cyclic esters (lactones) is 3. The van der Waals surface area contributed by atoms with Crippen molar-refractivity contribution in [2.24, 2.45) is 0 Å². The number of hydrogen-bond donors (Lipinski definition) is 2. The van der Waals surface area contributed by atoms with Gasteiger partial charge >= 0.3 is 17.9 Å². The summed E-state index contributed by atoms with van der Waals surface area (Å²) in [7, 11) is 0. The molecule has 0 aliphatic carbocycles. The Hall–Kier alpha value is -2.19. The van der Waals surface area contributed by atoms with Gasteiger partial charge < -0.3 is 24.4 Å². The predicted octanol–water partition coefficient (Wildman–Crippen LogP) is 0.0194. The van der Waals surface area contributed by atoms with Gasteiger partial charge in [-0.15, -0.1) is 0 Å². The van der Waals surface area contributed by atoms with Crippen molar-refractivity contribution in [3.05, 3.63) is 24.3 Å². The number of esters is 3. The van der Waals surface area contributed by atoms with E-state index in [-0.39, 0.29) is 6.42 Å². The second-order valence-corrected chi connectivity index (χ2v) is 5.49. The van der Waals surface area contributed by atoms with Crippen molar-refractivity contribution in [1.82, 2.24) is 0 Å². The van der Waals surface area contributed by atoms with Gasteiger partial charge in [-0.05, 0) is 32.9 Å². The van der Waals surface area contributed by atoms with Crippen LogP contribution in [0.25, 0.3) is 0 Å².